The van der Waals surface area contributed by atoms with Crippen LogP contribution in [0, 0.1) is 0 Å². The Balaban J connectivity index is 1.60. The molecule has 0 aliphatic carbocycles. The third-order valence-electron chi connectivity index (χ3n) is 4.78. The van der Waals surface area contributed by atoms with Gasteiger partial charge in [-0.25, -0.2) is 0 Å². The smallest absolute Gasteiger partial charge is 0.239 e. The molecular formula is C18H24N2O2. The Morgan fingerprint density at radius 3 is 2.82 bits per heavy atom. The fourth-order valence-corrected chi connectivity index (χ4v) is 3.41. The normalized spacial score (nSPS) is 25.7. The van der Waals surface area contributed by atoms with Crippen LogP contribution in [0.5, 0.6) is 5.75 Å². The Kier molecular flexibility index (Phi) is 4.48. The fraction of sp³-hybridized carbons (Fsp3) is 0.500. The second-order valence-corrected chi connectivity index (χ2v) is 6.13. The molecule has 2 heterocycles. The van der Waals surface area contributed by atoms with Gasteiger partial charge in [0, 0.05) is 25.7 Å². The summed E-state index contributed by atoms with van der Waals surface area (Å²) in [6.07, 6.45) is 6.56. The summed E-state index contributed by atoms with van der Waals surface area (Å²) in [6.45, 7) is 4.80. The van der Waals surface area contributed by atoms with Gasteiger partial charge in [0.2, 0.25) is 5.91 Å². The lowest BCUT2D eigenvalue weighted by atomic mass is 10.1. The number of nitrogens with zero attached hydrogens (tertiary/aromatic N) is 2. The maximum absolute atomic E-state index is 12.4. The predicted molar refractivity (Wildman–Crippen MR) is 87.8 cm³/mol. The standard InChI is InChI=1S/C18H24N2O2/c1-14-18(21)20-12-4-6-16(20)13-19(14)11-3-5-15-7-9-17(22-2)10-8-15/h3,5,7-10,14,16H,4,6,11-13H2,1-2H3/b5-3+/t14-,16-/m1/s1. The highest BCUT2D eigenvalue weighted by Gasteiger charge is 2.39. The van der Waals surface area contributed by atoms with E-state index in [-0.39, 0.29) is 6.04 Å². The second kappa shape index (κ2) is 6.53. The molecule has 1 amide bonds. The zero-order chi connectivity index (χ0) is 15.5. The number of ether oxygens (including phenoxy) is 1. The summed E-state index contributed by atoms with van der Waals surface area (Å²) >= 11 is 0. The molecule has 0 N–H and O–H groups in total. The van der Waals surface area contributed by atoms with E-state index < -0.39 is 0 Å². The first-order chi connectivity index (χ1) is 10.7. The minimum absolute atomic E-state index is 0.00475. The van der Waals surface area contributed by atoms with Gasteiger partial charge in [0.15, 0.2) is 0 Å². The van der Waals surface area contributed by atoms with Crippen molar-refractivity contribution in [3.8, 4) is 5.75 Å². The molecule has 118 valence electrons. The van der Waals surface area contributed by atoms with Crippen LogP contribution in [0.25, 0.3) is 6.08 Å². The van der Waals surface area contributed by atoms with E-state index in [0.717, 1.165) is 43.8 Å². The summed E-state index contributed by atoms with van der Waals surface area (Å²) < 4.78 is 5.16. The van der Waals surface area contributed by atoms with Gasteiger partial charge in [-0.2, -0.15) is 0 Å². The molecule has 4 heteroatoms. The quantitative estimate of drug-likeness (QED) is 0.856. The van der Waals surface area contributed by atoms with Crippen molar-refractivity contribution in [2.45, 2.75) is 31.8 Å². The molecule has 0 unspecified atom stereocenters. The van der Waals surface area contributed by atoms with E-state index in [1.165, 1.54) is 0 Å². The Bertz CT molecular complexity index is 553. The highest BCUT2D eigenvalue weighted by molar-refractivity contribution is 5.83. The lowest BCUT2D eigenvalue weighted by Crippen LogP contribution is -2.58. The van der Waals surface area contributed by atoms with E-state index in [4.69, 9.17) is 4.74 Å². The number of carbonyl (C=O) groups is 1. The summed E-state index contributed by atoms with van der Waals surface area (Å²) in [4.78, 5) is 16.7. The first kappa shape index (κ1) is 15.1. The van der Waals surface area contributed by atoms with E-state index in [1.807, 2.05) is 31.2 Å². The van der Waals surface area contributed by atoms with E-state index in [2.05, 4.69) is 22.0 Å². The van der Waals surface area contributed by atoms with Crippen molar-refractivity contribution in [1.29, 1.82) is 0 Å². The number of piperazine rings is 1. The maximum Gasteiger partial charge on any atom is 0.239 e. The van der Waals surface area contributed by atoms with Gasteiger partial charge in [0.25, 0.3) is 0 Å². The molecule has 4 nitrogen and oxygen atoms in total. The molecule has 1 aromatic rings. The molecule has 2 saturated heterocycles. The summed E-state index contributed by atoms with van der Waals surface area (Å²) in [7, 11) is 1.67. The van der Waals surface area contributed by atoms with Crippen molar-refractivity contribution < 1.29 is 9.53 Å². The van der Waals surface area contributed by atoms with Crippen LogP contribution in [0.2, 0.25) is 0 Å². The Labute approximate surface area is 132 Å². The third-order valence-corrected chi connectivity index (χ3v) is 4.78. The number of amides is 1. The average Bonchev–Trinajstić information content (AvgIpc) is 3.01. The maximum atomic E-state index is 12.4. The van der Waals surface area contributed by atoms with E-state index in [1.54, 1.807) is 7.11 Å². The number of benzene rings is 1. The van der Waals surface area contributed by atoms with Gasteiger partial charge >= 0.3 is 0 Å². The zero-order valence-corrected chi connectivity index (χ0v) is 13.4. The molecule has 0 saturated carbocycles. The van der Waals surface area contributed by atoms with Crippen LogP contribution in [0.15, 0.2) is 30.3 Å². The number of carbonyl (C=O) groups excluding carboxylic acids is 1. The van der Waals surface area contributed by atoms with Gasteiger partial charge in [0.1, 0.15) is 5.75 Å². The molecule has 0 bridgehead atoms. The van der Waals surface area contributed by atoms with Gasteiger partial charge in [-0.3, -0.25) is 9.69 Å². The third kappa shape index (κ3) is 3.02. The summed E-state index contributed by atoms with van der Waals surface area (Å²) in [6, 6.07) is 8.43. The second-order valence-electron chi connectivity index (χ2n) is 6.13. The van der Waals surface area contributed by atoms with Gasteiger partial charge in [-0.05, 0) is 37.5 Å². The number of hydrogen-bond donors (Lipinski definition) is 0. The zero-order valence-electron chi connectivity index (χ0n) is 13.4. The van der Waals surface area contributed by atoms with Gasteiger partial charge < -0.3 is 9.64 Å². The van der Waals surface area contributed by atoms with Gasteiger partial charge in [-0.15, -0.1) is 0 Å². The monoisotopic (exact) mass is 300 g/mol. The fourth-order valence-electron chi connectivity index (χ4n) is 3.41. The first-order valence-corrected chi connectivity index (χ1v) is 8.04. The molecule has 2 aliphatic rings. The average molecular weight is 300 g/mol. The highest BCUT2D eigenvalue weighted by Crippen LogP contribution is 2.25. The minimum atomic E-state index is -0.00475. The first-order valence-electron chi connectivity index (χ1n) is 8.04. The molecule has 0 radical (unpaired) electrons. The number of fused-ring (bicyclic) bond motifs is 1. The van der Waals surface area contributed by atoms with Crippen LogP contribution >= 0.6 is 0 Å². The van der Waals surface area contributed by atoms with Crippen molar-refractivity contribution in [3.63, 3.8) is 0 Å². The lowest BCUT2D eigenvalue weighted by molar-refractivity contribution is -0.142. The largest absolute Gasteiger partial charge is 0.497 e. The highest BCUT2D eigenvalue weighted by atomic mass is 16.5. The Morgan fingerprint density at radius 2 is 2.09 bits per heavy atom. The molecule has 2 atom stereocenters. The van der Waals surface area contributed by atoms with Crippen LogP contribution in [0.1, 0.15) is 25.3 Å². The lowest BCUT2D eigenvalue weighted by Gasteiger charge is -2.41. The Morgan fingerprint density at radius 1 is 1.32 bits per heavy atom. The topological polar surface area (TPSA) is 32.8 Å². The van der Waals surface area contributed by atoms with Crippen LogP contribution in [-0.2, 0) is 4.79 Å². The van der Waals surface area contributed by atoms with Crippen molar-refractivity contribution in [2.75, 3.05) is 26.7 Å². The van der Waals surface area contributed by atoms with Crippen LogP contribution in [-0.4, -0.2) is 54.5 Å². The Hall–Kier alpha value is -1.81. The minimum Gasteiger partial charge on any atom is -0.497 e. The van der Waals surface area contributed by atoms with Crippen molar-refractivity contribution in [1.82, 2.24) is 9.80 Å². The number of methoxy groups -OCH3 is 1. The molecule has 0 spiro atoms. The summed E-state index contributed by atoms with van der Waals surface area (Å²) in [5.74, 6) is 1.17. The van der Waals surface area contributed by atoms with Crippen molar-refractivity contribution in [3.05, 3.63) is 35.9 Å². The molecule has 3 rings (SSSR count). The van der Waals surface area contributed by atoms with E-state index in [9.17, 15) is 4.79 Å². The molecule has 0 aromatic heterocycles. The predicted octanol–water partition coefficient (Wildman–Crippen LogP) is 2.40. The molecule has 22 heavy (non-hydrogen) atoms. The van der Waals surface area contributed by atoms with E-state index >= 15 is 0 Å². The van der Waals surface area contributed by atoms with Crippen molar-refractivity contribution >= 4 is 12.0 Å². The van der Waals surface area contributed by atoms with Gasteiger partial charge in [0.05, 0.1) is 13.2 Å². The number of hydrogen-bond acceptors (Lipinski definition) is 3. The van der Waals surface area contributed by atoms with Crippen LogP contribution in [0.4, 0.5) is 0 Å². The SMILES string of the molecule is COc1ccc(/C=C/CN2C[C@H]3CCCN3C(=O)[C@H]2C)cc1. The van der Waals surface area contributed by atoms with E-state index in [0.29, 0.717) is 11.9 Å². The number of rotatable bonds is 4. The summed E-state index contributed by atoms with van der Waals surface area (Å²) in [5, 5.41) is 0. The molecular weight excluding hydrogens is 276 g/mol. The molecule has 2 fully saturated rings. The molecule has 1 aromatic carbocycles. The van der Waals surface area contributed by atoms with Crippen molar-refractivity contribution in [2.24, 2.45) is 0 Å². The van der Waals surface area contributed by atoms with Crippen LogP contribution < -0.4 is 4.74 Å². The summed E-state index contributed by atoms with van der Waals surface area (Å²) in [5.41, 5.74) is 1.15. The molecule has 2 aliphatic heterocycles. The van der Waals surface area contributed by atoms with Crippen LogP contribution in [0.3, 0.4) is 0 Å². The van der Waals surface area contributed by atoms with Gasteiger partial charge in [-0.1, -0.05) is 24.3 Å².